The van der Waals surface area contributed by atoms with Crippen molar-refractivity contribution < 1.29 is 0 Å². The minimum atomic E-state index is 0. The molecular formula is C13H17Br2N5S. The quantitative estimate of drug-likeness (QED) is 0.802. The highest BCUT2D eigenvalue weighted by atomic mass is 79.9. The molecule has 1 saturated heterocycles. The topological polar surface area (TPSA) is 44.3 Å². The minimum absolute atomic E-state index is 0. The molecule has 3 rings (SSSR count). The van der Waals surface area contributed by atoms with E-state index < -0.39 is 0 Å². The van der Waals surface area contributed by atoms with Crippen LogP contribution in [0.3, 0.4) is 0 Å². The Hall–Kier alpha value is -0.700. The molecule has 0 saturated carbocycles. The van der Waals surface area contributed by atoms with E-state index in [1.165, 1.54) is 5.69 Å². The predicted octanol–water partition coefficient (Wildman–Crippen LogP) is 3.37. The number of halogens is 2. The first-order valence-electron chi connectivity index (χ1n) is 6.48. The second kappa shape index (κ2) is 7.53. The summed E-state index contributed by atoms with van der Waals surface area (Å²) in [6.07, 6.45) is 3.63. The molecule has 2 aromatic rings. The van der Waals surface area contributed by atoms with Crippen molar-refractivity contribution >= 4 is 60.9 Å². The molecule has 0 aromatic carbocycles. The van der Waals surface area contributed by atoms with Gasteiger partial charge in [0.2, 0.25) is 0 Å². The van der Waals surface area contributed by atoms with Crippen LogP contribution in [-0.2, 0) is 0 Å². The van der Waals surface area contributed by atoms with Crippen LogP contribution in [-0.4, -0.2) is 48.1 Å². The van der Waals surface area contributed by atoms with E-state index in [1.54, 1.807) is 17.5 Å². The highest BCUT2D eigenvalue weighted by molar-refractivity contribution is 9.11. The molecular weight excluding hydrogens is 418 g/mol. The van der Waals surface area contributed by atoms with E-state index in [2.05, 4.69) is 60.2 Å². The van der Waals surface area contributed by atoms with Crippen LogP contribution in [0, 0.1) is 0 Å². The molecule has 0 atom stereocenters. The van der Waals surface area contributed by atoms with E-state index in [4.69, 9.17) is 0 Å². The maximum Gasteiger partial charge on any atom is 0.189 e. The summed E-state index contributed by atoms with van der Waals surface area (Å²) in [5, 5.41) is 4.09. The van der Waals surface area contributed by atoms with Crippen LogP contribution in [0.2, 0.25) is 0 Å². The van der Waals surface area contributed by atoms with Gasteiger partial charge in [-0.3, -0.25) is 0 Å². The van der Waals surface area contributed by atoms with Crippen molar-refractivity contribution in [2.45, 2.75) is 0 Å². The minimum Gasteiger partial charge on any atom is -0.369 e. The Bertz CT molecular complexity index is 583. The summed E-state index contributed by atoms with van der Waals surface area (Å²) >= 11 is 4.97. The third-order valence-electron chi connectivity index (χ3n) is 3.32. The summed E-state index contributed by atoms with van der Waals surface area (Å²) in [5.41, 5.74) is 1.21. The van der Waals surface area contributed by atoms with E-state index in [0.29, 0.717) is 0 Å². The van der Waals surface area contributed by atoms with Gasteiger partial charge in [0.15, 0.2) is 5.13 Å². The first-order valence-corrected chi connectivity index (χ1v) is 8.09. The SMILES string of the molecule is Br.CN1CCN(c2ccnc(Nc3ncc(Br)s3)c2)CC1. The van der Waals surface area contributed by atoms with Crippen LogP contribution >= 0.6 is 44.2 Å². The van der Waals surface area contributed by atoms with Crippen LogP contribution < -0.4 is 10.2 Å². The Balaban J connectivity index is 0.00000161. The molecule has 1 fully saturated rings. The molecule has 0 spiro atoms. The fraction of sp³-hybridized carbons (Fsp3) is 0.385. The molecule has 0 unspecified atom stereocenters. The lowest BCUT2D eigenvalue weighted by atomic mass is 10.2. The molecule has 114 valence electrons. The fourth-order valence-corrected chi connectivity index (χ4v) is 3.28. The van der Waals surface area contributed by atoms with Crippen LogP contribution in [0.1, 0.15) is 0 Å². The fourth-order valence-electron chi connectivity index (χ4n) is 2.17. The first kappa shape index (κ1) is 16.7. The maximum absolute atomic E-state index is 4.36. The standard InChI is InChI=1S/C13H16BrN5S.BrH/c1-18-4-6-19(7-5-18)10-2-3-15-12(8-10)17-13-16-9-11(14)20-13;/h2-3,8-9H,4-7H2,1H3,(H,15,16,17);1H. The highest BCUT2D eigenvalue weighted by Crippen LogP contribution is 2.27. The number of thiazole rings is 1. The second-order valence-electron chi connectivity index (χ2n) is 4.78. The van der Waals surface area contributed by atoms with Crippen molar-refractivity contribution in [3.05, 3.63) is 28.3 Å². The molecule has 0 aliphatic carbocycles. The molecule has 21 heavy (non-hydrogen) atoms. The second-order valence-corrected chi connectivity index (χ2v) is 7.19. The zero-order valence-corrected chi connectivity index (χ0v) is 15.7. The molecule has 3 heterocycles. The van der Waals surface area contributed by atoms with Gasteiger partial charge in [0.1, 0.15) is 5.82 Å². The van der Waals surface area contributed by atoms with E-state index in [9.17, 15) is 0 Å². The first-order chi connectivity index (χ1) is 9.70. The molecule has 8 heteroatoms. The summed E-state index contributed by atoms with van der Waals surface area (Å²) in [4.78, 5) is 13.4. The number of pyridine rings is 1. The van der Waals surface area contributed by atoms with Gasteiger partial charge in [0, 0.05) is 44.1 Å². The van der Waals surface area contributed by atoms with E-state index in [-0.39, 0.29) is 17.0 Å². The lowest BCUT2D eigenvalue weighted by molar-refractivity contribution is 0.313. The third kappa shape index (κ3) is 4.38. The number of aromatic nitrogens is 2. The van der Waals surface area contributed by atoms with Gasteiger partial charge in [-0.05, 0) is 29.0 Å². The van der Waals surface area contributed by atoms with Gasteiger partial charge in [-0.15, -0.1) is 17.0 Å². The summed E-state index contributed by atoms with van der Waals surface area (Å²) in [6.45, 7) is 4.32. The average Bonchev–Trinajstić information content (AvgIpc) is 2.85. The molecule has 5 nitrogen and oxygen atoms in total. The van der Waals surface area contributed by atoms with Gasteiger partial charge in [-0.25, -0.2) is 9.97 Å². The Morgan fingerprint density at radius 1 is 1.24 bits per heavy atom. The predicted molar refractivity (Wildman–Crippen MR) is 97.4 cm³/mol. The number of anilines is 3. The van der Waals surface area contributed by atoms with Gasteiger partial charge < -0.3 is 15.1 Å². The van der Waals surface area contributed by atoms with Crippen molar-refractivity contribution in [3.8, 4) is 0 Å². The van der Waals surface area contributed by atoms with Crippen molar-refractivity contribution in [2.75, 3.05) is 43.4 Å². The van der Waals surface area contributed by atoms with Crippen LogP contribution in [0.15, 0.2) is 28.3 Å². The monoisotopic (exact) mass is 433 g/mol. The van der Waals surface area contributed by atoms with Gasteiger partial charge in [-0.2, -0.15) is 0 Å². The normalized spacial score (nSPS) is 15.6. The molecule has 0 radical (unpaired) electrons. The van der Waals surface area contributed by atoms with E-state index in [1.807, 2.05) is 6.20 Å². The summed E-state index contributed by atoms with van der Waals surface area (Å²) < 4.78 is 1.01. The average molecular weight is 435 g/mol. The largest absolute Gasteiger partial charge is 0.369 e. The molecule has 1 N–H and O–H groups in total. The van der Waals surface area contributed by atoms with E-state index in [0.717, 1.165) is 40.9 Å². The smallest absolute Gasteiger partial charge is 0.189 e. The number of nitrogens with one attached hydrogen (secondary N) is 1. The number of rotatable bonds is 3. The Morgan fingerprint density at radius 2 is 2.00 bits per heavy atom. The van der Waals surface area contributed by atoms with Crippen LogP contribution in [0.4, 0.5) is 16.6 Å². The van der Waals surface area contributed by atoms with Gasteiger partial charge in [-0.1, -0.05) is 11.3 Å². The Labute approximate surface area is 147 Å². The van der Waals surface area contributed by atoms with Crippen molar-refractivity contribution in [1.82, 2.24) is 14.9 Å². The van der Waals surface area contributed by atoms with Crippen molar-refractivity contribution in [3.63, 3.8) is 0 Å². The van der Waals surface area contributed by atoms with Crippen LogP contribution in [0.5, 0.6) is 0 Å². The van der Waals surface area contributed by atoms with Crippen molar-refractivity contribution in [1.29, 1.82) is 0 Å². The maximum atomic E-state index is 4.36. The summed E-state index contributed by atoms with van der Waals surface area (Å²) in [5.74, 6) is 0.836. The summed E-state index contributed by atoms with van der Waals surface area (Å²) in [7, 11) is 2.16. The number of piperazine rings is 1. The zero-order valence-electron chi connectivity index (χ0n) is 11.6. The molecule has 0 bridgehead atoms. The Kier molecular flexibility index (Phi) is 5.98. The Morgan fingerprint density at radius 3 is 2.67 bits per heavy atom. The van der Waals surface area contributed by atoms with Gasteiger partial charge in [0.05, 0.1) is 9.98 Å². The highest BCUT2D eigenvalue weighted by Gasteiger charge is 2.14. The van der Waals surface area contributed by atoms with Crippen molar-refractivity contribution in [2.24, 2.45) is 0 Å². The number of nitrogens with zero attached hydrogens (tertiary/aromatic N) is 4. The lowest BCUT2D eigenvalue weighted by Gasteiger charge is -2.34. The molecule has 1 aliphatic rings. The van der Waals surface area contributed by atoms with Gasteiger partial charge in [0.25, 0.3) is 0 Å². The molecule has 1 aliphatic heterocycles. The number of hydrogen-bond donors (Lipinski definition) is 1. The molecule has 2 aromatic heterocycles. The number of hydrogen-bond acceptors (Lipinski definition) is 6. The third-order valence-corrected chi connectivity index (χ3v) is 4.72. The van der Waals surface area contributed by atoms with Gasteiger partial charge >= 0.3 is 0 Å². The van der Waals surface area contributed by atoms with E-state index >= 15 is 0 Å². The van der Waals surface area contributed by atoms with Crippen LogP contribution in [0.25, 0.3) is 0 Å². The lowest BCUT2D eigenvalue weighted by Crippen LogP contribution is -2.44. The summed E-state index contributed by atoms with van der Waals surface area (Å²) in [6, 6.07) is 4.15. The number of likely N-dealkylation sites (N-methyl/N-ethyl adjacent to an activating group) is 1. The zero-order chi connectivity index (χ0) is 13.9. The molecule has 0 amide bonds.